The minimum absolute atomic E-state index is 0.145. The van der Waals surface area contributed by atoms with Gasteiger partial charge in [-0.1, -0.05) is 13.8 Å². The van der Waals surface area contributed by atoms with E-state index in [2.05, 4.69) is 0 Å². The lowest BCUT2D eigenvalue weighted by molar-refractivity contribution is -0.163. The molecule has 0 aliphatic carbocycles. The van der Waals surface area contributed by atoms with Crippen molar-refractivity contribution in [2.75, 3.05) is 20.3 Å². The standard InChI is InChI=1S/C14H29NO6Si/c1-7-11(12(16)17)14(8-2,13(18)19)15(5)22(6,20-9-3)21-10-4/h11H,7-10H2,1-6H3,(H,16,17)(H,18,19)/t11?,14-/m0/s1. The molecule has 2 N–H and O–H groups in total. The van der Waals surface area contributed by atoms with Crippen LogP contribution in [-0.4, -0.2) is 61.2 Å². The van der Waals surface area contributed by atoms with Gasteiger partial charge in [0.1, 0.15) is 5.54 Å². The maximum Gasteiger partial charge on any atom is 0.425 e. The first-order valence-corrected chi connectivity index (χ1v) is 9.92. The molecule has 0 aliphatic rings. The normalized spacial score (nSPS) is 16.3. The lowest BCUT2D eigenvalue weighted by Crippen LogP contribution is -2.70. The summed E-state index contributed by atoms with van der Waals surface area (Å²) in [6, 6.07) is 0. The summed E-state index contributed by atoms with van der Waals surface area (Å²) in [5.74, 6) is -3.33. The summed E-state index contributed by atoms with van der Waals surface area (Å²) >= 11 is 0. The molecule has 0 fully saturated rings. The number of nitrogens with zero attached hydrogens (tertiary/aromatic N) is 1. The Bertz CT molecular complexity index is 386. The number of carboxylic acids is 2. The molecule has 0 aromatic carbocycles. The Labute approximate surface area is 133 Å². The van der Waals surface area contributed by atoms with Crippen molar-refractivity contribution in [1.82, 2.24) is 4.57 Å². The highest BCUT2D eigenvalue weighted by Crippen LogP contribution is 2.35. The molecule has 0 saturated heterocycles. The topological polar surface area (TPSA) is 96.3 Å². The van der Waals surface area contributed by atoms with Gasteiger partial charge in [-0.2, -0.15) is 0 Å². The van der Waals surface area contributed by atoms with E-state index < -0.39 is 32.1 Å². The van der Waals surface area contributed by atoms with Gasteiger partial charge in [-0.3, -0.25) is 14.2 Å². The average molecular weight is 335 g/mol. The fourth-order valence-corrected chi connectivity index (χ4v) is 5.69. The van der Waals surface area contributed by atoms with Crippen LogP contribution >= 0.6 is 0 Å². The van der Waals surface area contributed by atoms with Crippen LogP contribution < -0.4 is 0 Å². The molecule has 130 valence electrons. The first-order valence-electron chi connectivity index (χ1n) is 7.65. The molecule has 22 heavy (non-hydrogen) atoms. The molecule has 2 atom stereocenters. The van der Waals surface area contributed by atoms with E-state index in [1.54, 1.807) is 41.3 Å². The van der Waals surface area contributed by atoms with Crippen LogP contribution in [-0.2, 0) is 18.4 Å². The molecule has 0 rings (SSSR count). The summed E-state index contributed by atoms with van der Waals surface area (Å²) in [7, 11) is -1.41. The van der Waals surface area contributed by atoms with Crippen LogP contribution in [0.15, 0.2) is 0 Å². The zero-order valence-corrected chi connectivity index (χ0v) is 15.4. The second-order valence-electron chi connectivity index (χ2n) is 5.20. The maximum atomic E-state index is 12.1. The van der Waals surface area contributed by atoms with Crippen LogP contribution in [0, 0.1) is 5.92 Å². The van der Waals surface area contributed by atoms with Crippen molar-refractivity contribution in [2.24, 2.45) is 5.92 Å². The molecule has 0 radical (unpaired) electrons. The highest BCUT2D eigenvalue weighted by atomic mass is 28.4. The summed E-state index contributed by atoms with van der Waals surface area (Å²) in [5, 5.41) is 19.4. The Balaban J connectivity index is 6.06. The third-order valence-electron chi connectivity index (χ3n) is 4.22. The molecule has 0 aromatic heterocycles. The van der Waals surface area contributed by atoms with Crippen molar-refractivity contribution < 1.29 is 28.7 Å². The number of hydrogen-bond acceptors (Lipinski definition) is 5. The minimum atomic E-state index is -3.01. The third kappa shape index (κ3) is 3.86. The first kappa shape index (κ1) is 21.0. The fraction of sp³-hybridized carbons (Fsp3) is 0.857. The van der Waals surface area contributed by atoms with Gasteiger partial charge in [-0.05, 0) is 40.3 Å². The first-order chi connectivity index (χ1) is 10.2. The van der Waals surface area contributed by atoms with Gasteiger partial charge < -0.3 is 19.1 Å². The maximum absolute atomic E-state index is 12.1. The predicted molar refractivity (Wildman–Crippen MR) is 84.7 cm³/mol. The number of likely N-dealkylation sites (N-methyl/N-ethyl adjacent to an activating group) is 1. The van der Waals surface area contributed by atoms with Crippen LogP contribution in [0.5, 0.6) is 0 Å². The van der Waals surface area contributed by atoms with E-state index in [-0.39, 0.29) is 12.8 Å². The van der Waals surface area contributed by atoms with Crippen molar-refractivity contribution >= 4 is 20.7 Å². The Kier molecular flexibility index (Phi) is 8.24. The fourth-order valence-electron chi connectivity index (χ4n) is 3.01. The average Bonchev–Trinajstić information content (AvgIpc) is 2.43. The van der Waals surface area contributed by atoms with Gasteiger partial charge in [-0.25, -0.2) is 0 Å². The number of rotatable bonds is 11. The molecular formula is C14H29NO6Si. The highest BCUT2D eigenvalue weighted by Gasteiger charge is 2.58. The minimum Gasteiger partial charge on any atom is -0.481 e. The van der Waals surface area contributed by atoms with Crippen molar-refractivity contribution in [1.29, 1.82) is 0 Å². The SMILES string of the molecule is CCO[Si](C)(OCC)N(C)[C@](CC)(C(=O)O)C(CC)C(=O)O. The Hall–Kier alpha value is -0.963. The monoisotopic (exact) mass is 335 g/mol. The molecule has 0 heterocycles. The molecule has 0 saturated carbocycles. The Morgan fingerprint density at radius 3 is 1.82 bits per heavy atom. The molecule has 0 bridgehead atoms. The summed E-state index contributed by atoms with van der Waals surface area (Å²) in [6.45, 7) is 9.47. The largest absolute Gasteiger partial charge is 0.481 e. The Morgan fingerprint density at radius 2 is 1.59 bits per heavy atom. The Morgan fingerprint density at radius 1 is 1.14 bits per heavy atom. The predicted octanol–water partition coefficient (Wildman–Crippen LogP) is 1.90. The van der Waals surface area contributed by atoms with Crippen molar-refractivity contribution in [3.8, 4) is 0 Å². The molecule has 0 aliphatic heterocycles. The van der Waals surface area contributed by atoms with E-state index in [1.165, 1.54) is 4.57 Å². The number of aliphatic carboxylic acids is 2. The number of carbonyl (C=O) groups is 2. The van der Waals surface area contributed by atoms with Gasteiger partial charge in [-0.15, -0.1) is 0 Å². The zero-order valence-electron chi connectivity index (χ0n) is 14.4. The van der Waals surface area contributed by atoms with Gasteiger partial charge >= 0.3 is 20.7 Å². The van der Waals surface area contributed by atoms with Gasteiger partial charge in [0, 0.05) is 13.2 Å². The summed E-state index contributed by atoms with van der Waals surface area (Å²) in [5.41, 5.74) is -1.56. The molecule has 1 unspecified atom stereocenters. The quantitative estimate of drug-likeness (QED) is 0.557. The van der Waals surface area contributed by atoms with Gasteiger partial charge in [0.05, 0.1) is 5.92 Å². The van der Waals surface area contributed by atoms with E-state index in [4.69, 9.17) is 8.85 Å². The van der Waals surface area contributed by atoms with Crippen molar-refractivity contribution in [3.05, 3.63) is 0 Å². The van der Waals surface area contributed by atoms with E-state index in [0.717, 1.165) is 0 Å². The highest BCUT2D eigenvalue weighted by molar-refractivity contribution is 6.63. The third-order valence-corrected chi connectivity index (χ3v) is 7.49. The van der Waals surface area contributed by atoms with Crippen molar-refractivity contribution in [2.45, 2.75) is 52.6 Å². The molecular weight excluding hydrogens is 306 g/mol. The number of hydrogen-bond donors (Lipinski definition) is 2. The van der Waals surface area contributed by atoms with Gasteiger partial charge in [0.2, 0.25) is 0 Å². The summed E-state index contributed by atoms with van der Waals surface area (Å²) in [6.07, 6.45) is 0.356. The second-order valence-corrected chi connectivity index (χ2v) is 8.25. The van der Waals surface area contributed by atoms with E-state index in [1.807, 2.05) is 0 Å². The van der Waals surface area contributed by atoms with E-state index in [0.29, 0.717) is 13.2 Å². The second kappa shape index (κ2) is 8.61. The van der Waals surface area contributed by atoms with Crippen LogP contribution in [0.25, 0.3) is 0 Å². The lowest BCUT2D eigenvalue weighted by atomic mass is 9.80. The van der Waals surface area contributed by atoms with Crippen LogP contribution in [0.3, 0.4) is 0 Å². The van der Waals surface area contributed by atoms with E-state index in [9.17, 15) is 19.8 Å². The van der Waals surface area contributed by atoms with Crippen LogP contribution in [0.1, 0.15) is 40.5 Å². The molecule has 7 nitrogen and oxygen atoms in total. The lowest BCUT2D eigenvalue weighted by Gasteiger charge is -2.47. The summed E-state index contributed by atoms with van der Waals surface area (Å²) in [4.78, 5) is 23.7. The molecule has 0 amide bonds. The van der Waals surface area contributed by atoms with Crippen molar-refractivity contribution in [3.63, 3.8) is 0 Å². The smallest absolute Gasteiger partial charge is 0.425 e. The molecule has 0 aromatic rings. The number of carboxylic acid groups (broad SMARTS) is 2. The van der Waals surface area contributed by atoms with Crippen LogP contribution in [0.4, 0.5) is 0 Å². The summed E-state index contributed by atoms with van der Waals surface area (Å²) < 4.78 is 13.0. The molecule has 8 heteroatoms. The van der Waals surface area contributed by atoms with Crippen LogP contribution in [0.2, 0.25) is 6.55 Å². The zero-order chi connectivity index (χ0) is 17.6. The van der Waals surface area contributed by atoms with E-state index >= 15 is 0 Å². The molecule has 0 spiro atoms. The van der Waals surface area contributed by atoms with Gasteiger partial charge in [0.25, 0.3) is 0 Å². The van der Waals surface area contributed by atoms with Gasteiger partial charge in [0.15, 0.2) is 0 Å².